The van der Waals surface area contributed by atoms with Gasteiger partial charge in [0.05, 0.1) is 18.4 Å². The van der Waals surface area contributed by atoms with Crippen molar-refractivity contribution < 1.29 is 19.1 Å². The van der Waals surface area contributed by atoms with Gasteiger partial charge in [-0.2, -0.15) is 0 Å². The molecule has 0 fully saturated rings. The van der Waals surface area contributed by atoms with Crippen LogP contribution in [0.2, 0.25) is 0 Å². The molecule has 2 heterocycles. The van der Waals surface area contributed by atoms with Crippen LogP contribution in [0.4, 0.5) is 5.00 Å². The number of aryl methyl sites for hydroxylation is 1. The summed E-state index contributed by atoms with van der Waals surface area (Å²) < 4.78 is 13.8. The van der Waals surface area contributed by atoms with Gasteiger partial charge in [0, 0.05) is 15.9 Å². The Hall–Kier alpha value is -2.37. The van der Waals surface area contributed by atoms with Gasteiger partial charge in [-0.1, -0.05) is 27.7 Å². The van der Waals surface area contributed by atoms with Gasteiger partial charge in [-0.15, -0.1) is 21.5 Å². The molecule has 0 aliphatic carbocycles. The monoisotopic (exact) mass is 552 g/mol. The number of anilines is 1. The van der Waals surface area contributed by atoms with Crippen molar-refractivity contribution in [2.24, 2.45) is 0 Å². The van der Waals surface area contributed by atoms with Gasteiger partial charge < -0.3 is 19.4 Å². The topological polar surface area (TPSA) is 95.3 Å². The maximum atomic E-state index is 12.6. The molecule has 3 aromatic rings. The Morgan fingerprint density at radius 1 is 1.24 bits per heavy atom. The van der Waals surface area contributed by atoms with E-state index in [-0.39, 0.29) is 17.8 Å². The highest BCUT2D eigenvalue weighted by atomic mass is 79.9. The summed E-state index contributed by atoms with van der Waals surface area (Å²) in [5.41, 5.74) is 1.21. The summed E-state index contributed by atoms with van der Waals surface area (Å²) in [6.07, 6.45) is -0.318. The number of carbonyl (C=O) groups is 2. The normalized spacial score (nSPS) is 11.8. The maximum Gasteiger partial charge on any atom is 0.341 e. The van der Waals surface area contributed by atoms with E-state index >= 15 is 0 Å². The minimum atomic E-state index is -0.463. The highest BCUT2D eigenvalue weighted by molar-refractivity contribution is 9.10. The molecule has 3 rings (SSSR count). The molecule has 0 bridgehead atoms. The van der Waals surface area contributed by atoms with Gasteiger partial charge in [0.15, 0.2) is 17.1 Å². The lowest BCUT2D eigenvalue weighted by Crippen LogP contribution is -2.17. The quantitative estimate of drug-likeness (QED) is 0.280. The van der Waals surface area contributed by atoms with Crippen molar-refractivity contribution >= 4 is 55.9 Å². The van der Waals surface area contributed by atoms with E-state index < -0.39 is 5.97 Å². The molecule has 33 heavy (non-hydrogen) atoms. The molecule has 1 atom stereocenters. The van der Waals surface area contributed by atoms with E-state index in [9.17, 15) is 9.59 Å². The molecule has 176 valence electrons. The van der Waals surface area contributed by atoms with Crippen LogP contribution in [-0.2, 0) is 16.1 Å². The molecule has 2 aromatic heterocycles. The molecule has 8 nitrogen and oxygen atoms in total. The number of ether oxygens (including phenoxy) is 2. The largest absolute Gasteiger partial charge is 0.483 e. The van der Waals surface area contributed by atoms with E-state index in [0.29, 0.717) is 28.1 Å². The molecule has 0 aliphatic heterocycles. The van der Waals surface area contributed by atoms with E-state index in [2.05, 4.69) is 31.4 Å². The second-order valence-corrected chi connectivity index (χ2v) is 10.2. The van der Waals surface area contributed by atoms with Crippen LogP contribution >= 0.6 is 39.0 Å². The highest BCUT2D eigenvalue weighted by Gasteiger charge is 2.23. The lowest BCUT2D eigenvalue weighted by molar-refractivity contribution is -0.113. The molecule has 1 aromatic carbocycles. The van der Waals surface area contributed by atoms with Crippen LogP contribution in [0.5, 0.6) is 5.75 Å². The summed E-state index contributed by atoms with van der Waals surface area (Å²) in [4.78, 5) is 25.7. The molecule has 11 heteroatoms. The summed E-state index contributed by atoms with van der Waals surface area (Å²) in [6, 6.07) is 7.58. The summed E-state index contributed by atoms with van der Waals surface area (Å²) >= 11 is 6.05. The summed E-state index contributed by atoms with van der Waals surface area (Å²) in [6.45, 7) is 8.28. The molecular formula is C22H25BrN4O4S2. The predicted octanol–water partition coefficient (Wildman–Crippen LogP) is 5.40. The number of carbonyl (C=O) groups excluding carboxylic acids is 2. The van der Waals surface area contributed by atoms with Gasteiger partial charge in [-0.05, 0) is 57.5 Å². The van der Waals surface area contributed by atoms with Crippen LogP contribution in [0, 0.1) is 13.8 Å². The average Bonchev–Trinajstić information content (AvgIpc) is 3.33. The molecule has 0 spiro atoms. The third kappa shape index (κ3) is 5.96. The van der Waals surface area contributed by atoms with Crippen molar-refractivity contribution in [3.8, 4) is 5.75 Å². The number of hydrogen-bond donors (Lipinski definition) is 1. The Kier molecular flexibility index (Phi) is 8.55. The second kappa shape index (κ2) is 11.2. The van der Waals surface area contributed by atoms with Gasteiger partial charge >= 0.3 is 5.97 Å². The molecule has 0 saturated heterocycles. The number of thioether (sulfide) groups is 1. The number of amides is 1. The molecule has 0 aliphatic rings. The van der Waals surface area contributed by atoms with Crippen molar-refractivity contribution in [1.29, 1.82) is 0 Å². The fraction of sp³-hybridized carbons (Fsp3) is 0.364. The highest BCUT2D eigenvalue weighted by Crippen LogP contribution is 2.33. The molecule has 1 unspecified atom stereocenters. The standard InChI is InChI=1S/C22H25BrN4O4S2/c1-6-27-19(13(3)31-16-9-7-15(23)8-10-16)25-26-22(27)32-11-17(28)24-20-18(21(29)30-5)12(2)14(4)33-20/h7-10,13H,6,11H2,1-5H3,(H,24,28). The van der Waals surface area contributed by atoms with E-state index in [1.807, 2.05) is 56.5 Å². The van der Waals surface area contributed by atoms with Gasteiger partial charge in [0.1, 0.15) is 10.8 Å². The number of rotatable bonds is 9. The Morgan fingerprint density at radius 2 is 1.94 bits per heavy atom. The van der Waals surface area contributed by atoms with Crippen molar-refractivity contribution in [3.05, 3.63) is 50.6 Å². The average molecular weight is 554 g/mol. The van der Waals surface area contributed by atoms with E-state index in [1.165, 1.54) is 30.2 Å². The van der Waals surface area contributed by atoms with Crippen LogP contribution in [0.1, 0.15) is 46.6 Å². The number of nitrogens with one attached hydrogen (secondary N) is 1. The van der Waals surface area contributed by atoms with Gasteiger partial charge in [-0.3, -0.25) is 4.79 Å². The van der Waals surface area contributed by atoms with Crippen molar-refractivity contribution in [2.75, 3.05) is 18.2 Å². The minimum absolute atomic E-state index is 0.122. The molecule has 0 saturated carbocycles. The van der Waals surface area contributed by atoms with Crippen molar-refractivity contribution in [1.82, 2.24) is 14.8 Å². The number of esters is 1. The smallest absolute Gasteiger partial charge is 0.341 e. The van der Waals surface area contributed by atoms with Crippen LogP contribution in [-0.4, -0.2) is 39.5 Å². The lowest BCUT2D eigenvalue weighted by atomic mass is 10.1. The fourth-order valence-electron chi connectivity index (χ4n) is 3.13. The summed E-state index contributed by atoms with van der Waals surface area (Å²) in [5.74, 6) is 0.831. The first-order valence-electron chi connectivity index (χ1n) is 10.2. The predicted molar refractivity (Wildman–Crippen MR) is 133 cm³/mol. The first kappa shape index (κ1) is 25.3. The van der Waals surface area contributed by atoms with Crippen molar-refractivity contribution in [2.45, 2.75) is 45.5 Å². The number of thiophene rings is 1. The third-order valence-corrected chi connectivity index (χ3v) is 7.53. The van der Waals surface area contributed by atoms with Crippen LogP contribution in [0.3, 0.4) is 0 Å². The lowest BCUT2D eigenvalue weighted by Gasteiger charge is -2.15. The first-order valence-corrected chi connectivity index (χ1v) is 12.8. The SMILES string of the molecule is CCn1c(SCC(=O)Nc2sc(C)c(C)c2C(=O)OC)nnc1C(C)Oc1ccc(Br)cc1. The van der Waals surface area contributed by atoms with E-state index in [4.69, 9.17) is 9.47 Å². The first-order chi connectivity index (χ1) is 15.7. The number of benzene rings is 1. The fourth-order valence-corrected chi connectivity index (χ4v) is 5.27. The number of halogens is 1. The Morgan fingerprint density at radius 3 is 2.58 bits per heavy atom. The number of hydrogen-bond acceptors (Lipinski definition) is 8. The molecular weight excluding hydrogens is 528 g/mol. The van der Waals surface area contributed by atoms with E-state index in [0.717, 1.165) is 20.7 Å². The van der Waals surface area contributed by atoms with Crippen LogP contribution in [0.15, 0.2) is 33.9 Å². The molecule has 1 N–H and O–H groups in total. The number of methoxy groups -OCH3 is 1. The van der Waals surface area contributed by atoms with Gasteiger partial charge in [-0.25, -0.2) is 4.79 Å². The van der Waals surface area contributed by atoms with Crippen molar-refractivity contribution in [3.63, 3.8) is 0 Å². The summed E-state index contributed by atoms with van der Waals surface area (Å²) in [5, 5.41) is 12.5. The van der Waals surface area contributed by atoms with Gasteiger partial charge in [0.25, 0.3) is 0 Å². The maximum absolute atomic E-state index is 12.6. The zero-order valence-electron chi connectivity index (χ0n) is 19.0. The van der Waals surface area contributed by atoms with Crippen LogP contribution in [0.25, 0.3) is 0 Å². The number of nitrogens with zero attached hydrogens (tertiary/aromatic N) is 3. The Labute approximate surface area is 209 Å². The second-order valence-electron chi connectivity index (χ2n) is 7.11. The molecule has 1 amide bonds. The molecule has 0 radical (unpaired) electrons. The zero-order chi connectivity index (χ0) is 24.1. The Balaban J connectivity index is 1.67. The minimum Gasteiger partial charge on any atom is -0.483 e. The van der Waals surface area contributed by atoms with E-state index in [1.54, 1.807) is 0 Å². The summed E-state index contributed by atoms with van der Waals surface area (Å²) in [7, 11) is 1.33. The van der Waals surface area contributed by atoms with Gasteiger partial charge in [0.2, 0.25) is 5.91 Å². The number of aromatic nitrogens is 3. The van der Waals surface area contributed by atoms with Crippen LogP contribution < -0.4 is 10.1 Å². The Bertz CT molecular complexity index is 1140. The zero-order valence-corrected chi connectivity index (χ0v) is 22.2. The third-order valence-electron chi connectivity index (χ3n) is 4.91.